The highest BCUT2D eigenvalue weighted by Gasteiger charge is 2.13. The first-order valence-corrected chi connectivity index (χ1v) is 9.29. The molecule has 0 aliphatic heterocycles. The second-order valence-corrected chi connectivity index (χ2v) is 6.84. The molecule has 0 aliphatic rings. The molecule has 0 saturated carbocycles. The summed E-state index contributed by atoms with van der Waals surface area (Å²) in [5.74, 6) is 0.145. The summed E-state index contributed by atoms with van der Waals surface area (Å²) in [5, 5.41) is 2.91. The molecule has 1 aromatic carbocycles. The average Bonchev–Trinajstić information content (AvgIpc) is 3.00. The third kappa shape index (κ3) is 5.60. The Labute approximate surface area is 152 Å². The molecule has 1 heterocycles. The van der Waals surface area contributed by atoms with Crippen LogP contribution < -0.4 is 15.8 Å². The molecule has 0 unspecified atom stereocenters. The molecule has 0 bridgehead atoms. The number of anilines is 1. The summed E-state index contributed by atoms with van der Waals surface area (Å²) in [7, 11) is 0. The summed E-state index contributed by atoms with van der Waals surface area (Å²) < 4.78 is 5.41. The topological polar surface area (TPSA) is 81.4 Å². The highest BCUT2D eigenvalue weighted by molar-refractivity contribution is 7.14. The standard InChI is InChI=1S/C19H24N2O3S/c1-3-5-16-13(4-2)12-17(25-16)19(23)21-14-6-8-15(9-7-14)24-11-10-18(20)22/h6-9,12H,3-5,10-11H2,1-2H3,(H2,20,22)(H,21,23). The quantitative estimate of drug-likeness (QED) is 0.714. The van der Waals surface area contributed by atoms with E-state index in [0.717, 1.165) is 24.1 Å². The van der Waals surface area contributed by atoms with E-state index in [1.807, 2.05) is 6.07 Å². The Kier molecular flexibility index (Phi) is 7.01. The zero-order valence-electron chi connectivity index (χ0n) is 14.6. The zero-order chi connectivity index (χ0) is 18.2. The van der Waals surface area contributed by atoms with Crippen molar-refractivity contribution in [3.8, 4) is 5.75 Å². The molecule has 2 rings (SSSR count). The Morgan fingerprint density at radius 3 is 2.52 bits per heavy atom. The van der Waals surface area contributed by atoms with E-state index in [-0.39, 0.29) is 18.9 Å². The highest BCUT2D eigenvalue weighted by Crippen LogP contribution is 2.26. The average molecular weight is 360 g/mol. The van der Waals surface area contributed by atoms with Crippen molar-refractivity contribution in [2.24, 2.45) is 5.73 Å². The Bertz CT molecular complexity index is 723. The first-order chi connectivity index (χ1) is 12.0. The van der Waals surface area contributed by atoms with Crippen LogP contribution >= 0.6 is 11.3 Å². The first kappa shape index (κ1) is 19.0. The molecule has 134 valence electrons. The Hall–Kier alpha value is -2.34. The molecule has 2 aromatic rings. The van der Waals surface area contributed by atoms with Gasteiger partial charge in [0.1, 0.15) is 5.75 Å². The highest BCUT2D eigenvalue weighted by atomic mass is 32.1. The molecule has 0 aliphatic carbocycles. The number of hydrogen-bond donors (Lipinski definition) is 2. The molecule has 5 nitrogen and oxygen atoms in total. The fourth-order valence-corrected chi connectivity index (χ4v) is 3.66. The number of benzene rings is 1. The predicted octanol–water partition coefficient (Wildman–Crippen LogP) is 3.77. The van der Waals surface area contributed by atoms with Crippen LogP contribution in [0.15, 0.2) is 30.3 Å². The Morgan fingerprint density at radius 2 is 1.92 bits per heavy atom. The minimum Gasteiger partial charge on any atom is -0.493 e. The smallest absolute Gasteiger partial charge is 0.265 e. The van der Waals surface area contributed by atoms with Crippen LogP contribution in [0.4, 0.5) is 5.69 Å². The molecule has 0 saturated heterocycles. The molecule has 3 N–H and O–H groups in total. The van der Waals surface area contributed by atoms with Gasteiger partial charge in [0, 0.05) is 10.6 Å². The summed E-state index contributed by atoms with van der Waals surface area (Å²) in [6.45, 7) is 4.50. The largest absolute Gasteiger partial charge is 0.493 e. The first-order valence-electron chi connectivity index (χ1n) is 8.47. The molecule has 6 heteroatoms. The summed E-state index contributed by atoms with van der Waals surface area (Å²) in [6, 6.07) is 9.06. The third-order valence-electron chi connectivity index (χ3n) is 3.71. The van der Waals surface area contributed by atoms with Crippen molar-refractivity contribution < 1.29 is 14.3 Å². The summed E-state index contributed by atoms with van der Waals surface area (Å²) in [6.07, 6.45) is 3.21. The minimum atomic E-state index is -0.395. The van der Waals surface area contributed by atoms with E-state index in [4.69, 9.17) is 10.5 Å². The van der Waals surface area contributed by atoms with Gasteiger partial charge in [0.05, 0.1) is 17.9 Å². The van der Waals surface area contributed by atoms with Crippen LogP contribution in [0.2, 0.25) is 0 Å². The van der Waals surface area contributed by atoms with Crippen molar-refractivity contribution in [1.29, 1.82) is 0 Å². The number of rotatable bonds is 9. The van der Waals surface area contributed by atoms with Crippen LogP contribution in [-0.2, 0) is 17.6 Å². The number of ether oxygens (including phenoxy) is 1. The van der Waals surface area contributed by atoms with Crippen LogP contribution in [0.1, 0.15) is 46.8 Å². The second-order valence-electron chi connectivity index (χ2n) is 5.71. The van der Waals surface area contributed by atoms with Gasteiger partial charge in [-0.05, 0) is 48.7 Å². The van der Waals surface area contributed by atoms with Crippen molar-refractivity contribution in [1.82, 2.24) is 0 Å². The van der Waals surface area contributed by atoms with Crippen LogP contribution in [-0.4, -0.2) is 18.4 Å². The van der Waals surface area contributed by atoms with Gasteiger partial charge < -0.3 is 15.8 Å². The van der Waals surface area contributed by atoms with E-state index in [0.29, 0.717) is 11.4 Å². The number of carbonyl (C=O) groups excluding carboxylic acids is 2. The number of thiophene rings is 1. The summed E-state index contributed by atoms with van der Waals surface area (Å²) in [4.78, 5) is 25.2. The van der Waals surface area contributed by atoms with Crippen molar-refractivity contribution in [2.45, 2.75) is 39.5 Å². The van der Waals surface area contributed by atoms with Crippen LogP contribution in [0, 0.1) is 0 Å². The molecule has 1 aromatic heterocycles. The normalized spacial score (nSPS) is 10.5. The maximum absolute atomic E-state index is 12.4. The Balaban J connectivity index is 1.97. The lowest BCUT2D eigenvalue weighted by molar-refractivity contribution is -0.118. The molecule has 0 fully saturated rings. The molecule has 0 spiro atoms. The van der Waals surface area contributed by atoms with Gasteiger partial charge in [-0.1, -0.05) is 20.3 Å². The zero-order valence-corrected chi connectivity index (χ0v) is 15.4. The number of aryl methyl sites for hydroxylation is 2. The van der Waals surface area contributed by atoms with E-state index in [1.54, 1.807) is 35.6 Å². The summed E-state index contributed by atoms with van der Waals surface area (Å²) >= 11 is 1.57. The maximum Gasteiger partial charge on any atom is 0.265 e. The van der Waals surface area contributed by atoms with Gasteiger partial charge >= 0.3 is 0 Å². The van der Waals surface area contributed by atoms with Crippen molar-refractivity contribution in [3.05, 3.63) is 45.6 Å². The van der Waals surface area contributed by atoms with Gasteiger partial charge in [0.2, 0.25) is 5.91 Å². The third-order valence-corrected chi connectivity index (χ3v) is 4.94. The van der Waals surface area contributed by atoms with Gasteiger partial charge in [-0.15, -0.1) is 11.3 Å². The number of nitrogens with two attached hydrogens (primary N) is 1. The van der Waals surface area contributed by atoms with Gasteiger partial charge in [-0.2, -0.15) is 0 Å². The van der Waals surface area contributed by atoms with Crippen LogP contribution in [0.3, 0.4) is 0 Å². The predicted molar refractivity (Wildman–Crippen MR) is 101 cm³/mol. The minimum absolute atomic E-state index is 0.0931. The van der Waals surface area contributed by atoms with Gasteiger partial charge in [0.15, 0.2) is 0 Å². The molecular weight excluding hydrogens is 336 g/mol. The van der Waals surface area contributed by atoms with E-state index in [9.17, 15) is 9.59 Å². The molecule has 0 radical (unpaired) electrons. The van der Waals surface area contributed by atoms with E-state index in [2.05, 4.69) is 19.2 Å². The SMILES string of the molecule is CCCc1sc(C(=O)Nc2ccc(OCCC(N)=O)cc2)cc1CC. The molecular formula is C19H24N2O3S. The number of primary amides is 1. The molecule has 2 amide bonds. The fraction of sp³-hybridized carbons (Fsp3) is 0.368. The second kappa shape index (κ2) is 9.22. The monoisotopic (exact) mass is 360 g/mol. The van der Waals surface area contributed by atoms with Gasteiger partial charge in [0.25, 0.3) is 5.91 Å². The number of nitrogens with one attached hydrogen (secondary N) is 1. The van der Waals surface area contributed by atoms with Crippen molar-refractivity contribution in [3.63, 3.8) is 0 Å². The van der Waals surface area contributed by atoms with E-state index >= 15 is 0 Å². The lowest BCUT2D eigenvalue weighted by Crippen LogP contribution is -2.14. The molecule has 25 heavy (non-hydrogen) atoms. The lowest BCUT2D eigenvalue weighted by Gasteiger charge is -2.07. The van der Waals surface area contributed by atoms with Gasteiger partial charge in [-0.3, -0.25) is 9.59 Å². The van der Waals surface area contributed by atoms with Crippen LogP contribution in [0.25, 0.3) is 0 Å². The molecule has 0 atom stereocenters. The number of carbonyl (C=O) groups is 2. The van der Waals surface area contributed by atoms with Crippen molar-refractivity contribution in [2.75, 3.05) is 11.9 Å². The fourth-order valence-electron chi connectivity index (χ4n) is 2.41. The lowest BCUT2D eigenvalue weighted by atomic mass is 10.1. The van der Waals surface area contributed by atoms with E-state index in [1.165, 1.54) is 10.4 Å². The maximum atomic E-state index is 12.4. The van der Waals surface area contributed by atoms with Crippen molar-refractivity contribution >= 4 is 28.8 Å². The number of hydrogen-bond acceptors (Lipinski definition) is 4. The number of amides is 2. The summed E-state index contributed by atoms with van der Waals surface area (Å²) in [5.41, 5.74) is 7.03. The van der Waals surface area contributed by atoms with E-state index < -0.39 is 5.91 Å². The van der Waals surface area contributed by atoms with Gasteiger partial charge in [-0.25, -0.2) is 0 Å². The van der Waals surface area contributed by atoms with Crippen LogP contribution in [0.5, 0.6) is 5.75 Å². The Morgan fingerprint density at radius 1 is 1.20 bits per heavy atom.